The van der Waals surface area contributed by atoms with E-state index in [1.54, 1.807) is 24.5 Å². The van der Waals surface area contributed by atoms with Gasteiger partial charge >= 0.3 is 5.97 Å². The minimum absolute atomic E-state index is 0.253. The number of hydrogen-bond donors (Lipinski definition) is 2. The van der Waals surface area contributed by atoms with Crippen molar-refractivity contribution >= 4 is 17.6 Å². The first-order valence-electron chi connectivity index (χ1n) is 5.60. The van der Waals surface area contributed by atoms with Gasteiger partial charge in [0.1, 0.15) is 0 Å². The van der Waals surface area contributed by atoms with Crippen molar-refractivity contribution in [2.24, 2.45) is 0 Å². The van der Waals surface area contributed by atoms with E-state index in [0.29, 0.717) is 5.95 Å². The third-order valence-corrected chi connectivity index (χ3v) is 2.50. The van der Waals surface area contributed by atoms with Crippen molar-refractivity contribution in [1.82, 2.24) is 9.97 Å². The van der Waals surface area contributed by atoms with Gasteiger partial charge in [0.05, 0.1) is 5.56 Å². The SMILES string of the molecule is CCc1cnc(Nc2ccc(C(=O)O)cc2)nc1. The second kappa shape index (κ2) is 5.27. The molecule has 0 unspecified atom stereocenters. The van der Waals surface area contributed by atoms with Gasteiger partial charge in [-0.2, -0.15) is 0 Å². The lowest BCUT2D eigenvalue weighted by molar-refractivity contribution is 0.0697. The normalized spacial score (nSPS) is 10.1. The average molecular weight is 243 g/mol. The Morgan fingerprint density at radius 3 is 2.33 bits per heavy atom. The van der Waals surface area contributed by atoms with Gasteiger partial charge in [0.2, 0.25) is 5.95 Å². The zero-order chi connectivity index (χ0) is 13.0. The number of hydrogen-bond acceptors (Lipinski definition) is 4. The highest BCUT2D eigenvalue weighted by atomic mass is 16.4. The monoisotopic (exact) mass is 243 g/mol. The molecule has 1 aromatic carbocycles. The van der Waals surface area contributed by atoms with Crippen molar-refractivity contribution in [2.75, 3.05) is 5.32 Å². The molecule has 2 rings (SSSR count). The van der Waals surface area contributed by atoms with Crippen LogP contribution in [0.2, 0.25) is 0 Å². The number of aromatic nitrogens is 2. The lowest BCUT2D eigenvalue weighted by Gasteiger charge is -2.05. The first kappa shape index (κ1) is 12.0. The molecule has 0 spiro atoms. The molecule has 2 N–H and O–H groups in total. The lowest BCUT2D eigenvalue weighted by Crippen LogP contribution is -1.99. The third-order valence-electron chi connectivity index (χ3n) is 2.50. The topological polar surface area (TPSA) is 75.1 Å². The van der Waals surface area contributed by atoms with E-state index in [1.165, 1.54) is 12.1 Å². The summed E-state index contributed by atoms with van der Waals surface area (Å²) >= 11 is 0. The predicted molar refractivity (Wildman–Crippen MR) is 68.1 cm³/mol. The van der Waals surface area contributed by atoms with Crippen molar-refractivity contribution in [3.05, 3.63) is 47.8 Å². The van der Waals surface area contributed by atoms with E-state index in [1.807, 2.05) is 6.92 Å². The van der Waals surface area contributed by atoms with Crippen LogP contribution >= 0.6 is 0 Å². The summed E-state index contributed by atoms with van der Waals surface area (Å²) in [5.74, 6) is -0.444. The Labute approximate surface area is 105 Å². The highest BCUT2D eigenvalue weighted by Gasteiger charge is 2.02. The molecule has 2 aromatic rings. The highest BCUT2D eigenvalue weighted by molar-refractivity contribution is 5.88. The van der Waals surface area contributed by atoms with Gasteiger partial charge in [-0.3, -0.25) is 0 Å². The summed E-state index contributed by atoms with van der Waals surface area (Å²) in [4.78, 5) is 19.0. The number of nitrogens with zero attached hydrogens (tertiary/aromatic N) is 2. The molecule has 5 nitrogen and oxygen atoms in total. The predicted octanol–water partition coefficient (Wildman–Crippen LogP) is 2.48. The number of carboxylic acid groups (broad SMARTS) is 1. The first-order chi connectivity index (χ1) is 8.69. The quantitative estimate of drug-likeness (QED) is 0.862. The van der Waals surface area contributed by atoms with Crippen LogP contribution in [0.3, 0.4) is 0 Å². The smallest absolute Gasteiger partial charge is 0.335 e. The molecule has 0 aliphatic heterocycles. The molecule has 1 heterocycles. The van der Waals surface area contributed by atoms with Crippen LogP contribution in [0.1, 0.15) is 22.8 Å². The maximum atomic E-state index is 10.7. The van der Waals surface area contributed by atoms with Gasteiger partial charge in [-0.05, 0) is 36.2 Å². The Balaban J connectivity index is 2.10. The average Bonchev–Trinajstić information content (AvgIpc) is 2.40. The van der Waals surface area contributed by atoms with Crippen LogP contribution < -0.4 is 5.32 Å². The Morgan fingerprint density at radius 1 is 1.22 bits per heavy atom. The molecular formula is C13H13N3O2. The van der Waals surface area contributed by atoms with Gasteiger partial charge in [0, 0.05) is 18.1 Å². The Bertz CT molecular complexity index is 535. The van der Waals surface area contributed by atoms with Crippen molar-refractivity contribution in [3.63, 3.8) is 0 Å². The van der Waals surface area contributed by atoms with Crippen LogP contribution in [-0.4, -0.2) is 21.0 Å². The molecule has 92 valence electrons. The molecule has 0 aliphatic carbocycles. The van der Waals surface area contributed by atoms with Crippen LogP contribution in [-0.2, 0) is 6.42 Å². The van der Waals surface area contributed by atoms with Crippen LogP contribution in [0.15, 0.2) is 36.7 Å². The largest absolute Gasteiger partial charge is 0.478 e. The van der Waals surface area contributed by atoms with Gasteiger partial charge < -0.3 is 10.4 Å². The van der Waals surface area contributed by atoms with E-state index in [4.69, 9.17) is 5.11 Å². The molecule has 0 saturated carbocycles. The summed E-state index contributed by atoms with van der Waals surface area (Å²) in [6, 6.07) is 6.43. The molecule has 5 heteroatoms. The molecule has 0 radical (unpaired) electrons. The summed E-state index contributed by atoms with van der Waals surface area (Å²) < 4.78 is 0. The van der Waals surface area contributed by atoms with Gasteiger partial charge in [-0.1, -0.05) is 6.92 Å². The number of nitrogens with one attached hydrogen (secondary N) is 1. The fraction of sp³-hybridized carbons (Fsp3) is 0.154. The molecule has 18 heavy (non-hydrogen) atoms. The molecule has 0 fully saturated rings. The number of aryl methyl sites for hydroxylation is 1. The van der Waals surface area contributed by atoms with Crippen molar-refractivity contribution in [2.45, 2.75) is 13.3 Å². The fourth-order valence-electron chi connectivity index (χ4n) is 1.43. The summed E-state index contributed by atoms with van der Waals surface area (Å²) in [6.45, 7) is 2.04. The van der Waals surface area contributed by atoms with Crippen LogP contribution in [0.4, 0.5) is 11.6 Å². The summed E-state index contributed by atoms with van der Waals surface area (Å²) in [5.41, 5.74) is 2.08. The van der Waals surface area contributed by atoms with E-state index in [9.17, 15) is 4.79 Å². The fourth-order valence-corrected chi connectivity index (χ4v) is 1.43. The second-order valence-corrected chi connectivity index (χ2v) is 3.78. The Morgan fingerprint density at radius 2 is 1.83 bits per heavy atom. The van der Waals surface area contributed by atoms with E-state index in [2.05, 4.69) is 15.3 Å². The highest BCUT2D eigenvalue weighted by Crippen LogP contribution is 2.13. The molecule has 0 saturated heterocycles. The molecule has 0 aliphatic rings. The number of carbonyl (C=O) groups is 1. The zero-order valence-electron chi connectivity index (χ0n) is 9.92. The van der Waals surface area contributed by atoms with E-state index in [0.717, 1.165) is 17.7 Å². The van der Waals surface area contributed by atoms with Gasteiger partial charge in [0.25, 0.3) is 0 Å². The van der Waals surface area contributed by atoms with Crippen LogP contribution in [0.25, 0.3) is 0 Å². The number of anilines is 2. The number of benzene rings is 1. The van der Waals surface area contributed by atoms with Crippen molar-refractivity contribution in [1.29, 1.82) is 0 Å². The molecular weight excluding hydrogens is 230 g/mol. The van der Waals surface area contributed by atoms with Crippen LogP contribution in [0, 0.1) is 0 Å². The van der Waals surface area contributed by atoms with Gasteiger partial charge in [-0.25, -0.2) is 14.8 Å². The maximum Gasteiger partial charge on any atom is 0.335 e. The van der Waals surface area contributed by atoms with Crippen molar-refractivity contribution < 1.29 is 9.90 Å². The molecule has 0 atom stereocenters. The van der Waals surface area contributed by atoms with Crippen molar-refractivity contribution in [3.8, 4) is 0 Å². The molecule has 1 aromatic heterocycles. The van der Waals surface area contributed by atoms with Gasteiger partial charge in [0.15, 0.2) is 0 Å². The standard InChI is InChI=1S/C13H13N3O2/c1-2-9-7-14-13(15-8-9)16-11-5-3-10(4-6-11)12(17)18/h3-8H,2H2,1H3,(H,17,18)(H,14,15,16). The summed E-state index contributed by atoms with van der Waals surface area (Å²) in [6.07, 6.45) is 4.43. The van der Waals surface area contributed by atoms with E-state index >= 15 is 0 Å². The molecule has 0 bridgehead atoms. The zero-order valence-corrected chi connectivity index (χ0v) is 9.92. The summed E-state index contributed by atoms with van der Waals surface area (Å²) in [5, 5.41) is 11.8. The summed E-state index contributed by atoms with van der Waals surface area (Å²) in [7, 11) is 0. The van der Waals surface area contributed by atoms with Gasteiger partial charge in [-0.15, -0.1) is 0 Å². The number of rotatable bonds is 4. The lowest BCUT2D eigenvalue weighted by atomic mass is 10.2. The Hall–Kier alpha value is -2.43. The third kappa shape index (κ3) is 2.82. The number of carboxylic acids is 1. The van der Waals surface area contributed by atoms with E-state index in [-0.39, 0.29) is 5.56 Å². The van der Waals surface area contributed by atoms with Crippen LogP contribution in [0.5, 0.6) is 0 Å². The molecule has 0 amide bonds. The van der Waals surface area contributed by atoms with E-state index < -0.39 is 5.97 Å². The minimum Gasteiger partial charge on any atom is -0.478 e. The Kier molecular flexibility index (Phi) is 3.52. The maximum absolute atomic E-state index is 10.7. The first-order valence-corrected chi connectivity index (χ1v) is 5.60. The second-order valence-electron chi connectivity index (χ2n) is 3.78. The minimum atomic E-state index is -0.940. The number of aromatic carboxylic acids is 1.